The Morgan fingerprint density at radius 3 is 1.73 bits per heavy atom. The molecule has 4 aromatic heterocycles. The van der Waals surface area contributed by atoms with Gasteiger partial charge in [-0.2, -0.15) is 0 Å². The summed E-state index contributed by atoms with van der Waals surface area (Å²) >= 11 is 1.77. The molecule has 0 N–H and O–H groups in total. The van der Waals surface area contributed by atoms with Crippen LogP contribution in [0, 0.1) is 0 Å². The number of hydrogen-bond acceptors (Lipinski definition) is 5. The van der Waals surface area contributed by atoms with E-state index < -0.39 is 0 Å². The van der Waals surface area contributed by atoms with Crippen LogP contribution in [0.5, 0.6) is 0 Å². The number of fused-ring (bicyclic) bond motifs is 10. The lowest BCUT2D eigenvalue weighted by Crippen LogP contribution is -2.00. The molecule has 0 aliphatic heterocycles. The molecule has 11 rings (SSSR count). The Morgan fingerprint density at radius 2 is 1.04 bits per heavy atom. The fraction of sp³-hybridized carbons (Fsp3) is 0. The number of benzene rings is 7. The third kappa shape index (κ3) is 4.30. The number of para-hydroxylation sites is 2. The maximum absolute atomic E-state index is 6.53. The highest BCUT2D eigenvalue weighted by Crippen LogP contribution is 2.46. The Bertz CT molecular complexity index is 3030. The fourth-order valence-electron chi connectivity index (χ4n) is 7.59. The first-order valence-corrected chi connectivity index (χ1v) is 17.8. The molecule has 0 atom stereocenters. The zero-order valence-corrected chi connectivity index (χ0v) is 27.9. The van der Waals surface area contributed by atoms with Crippen molar-refractivity contribution >= 4 is 75.3 Å². The average molecular weight is 671 g/mol. The molecule has 11 aromatic rings. The van der Waals surface area contributed by atoms with Gasteiger partial charge in [0.05, 0.1) is 11.0 Å². The minimum Gasteiger partial charge on any atom is -0.456 e. The summed E-state index contributed by atoms with van der Waals surface area (Å²) in [5, 5.41) is 7.05. The second kappa shape index (κ2) is 10.9. The van der Waals surface area contributed by atoms with Crippen LogP contribution in [0.1, 0.15) is 0 Å². The van der Waals surface area contributed by atoms with Crippen LogP contribution >= 0.6 is 11.3 Å². The number of hydrogen-bond donors (Lipinski definition) is 0. The fourth-order valence-corrected chi connectivity index (χ4v) is 8.81. The van der Waals surface area contributed by atoms with E-state index in [2.05, 4.69) is 102 Å². The van der Waals surface area contributed by atoms with Crippen LogP contribution in [0.15, 0.2) is 162 Å². The molecular weight excluding hydrogens is 645 g/mol. The zero-order valence-electron chi connectivity index (χ0n) is 27.1. The van der Waals surface area contributed by atoms with Gasteiger partial charge in [-0.3, -0.25) is 0 Å². The van der Waals surface area contributed by atoms with E-state index in [-0.39, 0.29) is 0 Å². The van der Waals surface area contributed by atoms with Crippen molar-refractivity contribution in [2.75, 3.05) is 0 Å². The summed E-state index contributed by atoms with van der Waals surface area (Å²) in [4.78, 5) is 15.1. The summed E-state index contributed by atoms with van der Waals surface area (Å²) in [5.41, 5.74) is 8.10. The molecule has 0 spiro atoms. The van der Waals surface area contributed by atoms with Gasteiger partial charge in [0.15, 0.2) is 17.5 Å². The van der Waals surface area contributed by atoms with Gasteiger partial charge >= 0.3 is 0 Å². The van der Waals surface area contributed by atoms with Crippen LogP contribution in [0.4, 0.5) is 0 Å². The van der Waals surface area contributed by atoms with Crippen molar-refractivity contribution < 1.29 is 4.42 Å². The SMILES string of the molecule is c1ccc(-c2nc(-c3ccccc3)nc(-c3cccc4c3sc3ccc5oc6ccc(-n7c8ccccc8c8ccccc87)cc6c5c34)n2)cc1. The van der Waals surface area contributed by atoms with E-state index in [1.807, 2.05) is 60.7 Å². The normalized spacial score (nSPS) is 11.9. The summed E-state index contributed by atoms with van der Waals surface area (Å²) in [6.07, 6.45) is 0. The van der Waals surface area contributed by atoms with E-state index in [4.69, 9.17) is 19.4 Å². The summed E-state index contributed by atoms with van der Waals surface area (Å²) in [5.74, 6) is 1.96. The highest BCUT2D eigenvalue weighted by Gasteiger charge is 2.21. The van der Waals surface area contributed by atoms with Gasteiger partial charge in [0.25, 0.3) is 0 Å². The minimum atomic E-state index is 0.651. The zero-order chi connectivity index (χ0) is 33.5. The molecule has 0 amide bonds. The first kappa shape index (κ1) is 28.2. The molecule has 0 fully saturated rings. The van der Waals surface area contributed by atoms with Gasteiger partial charge in [0, 0.05) is 64.1 Å². The molecule has 0 radical (unpaired) electrons. The van der Waals surface area contributed by atoms with E-state index >= 15 is 0 Å². The number of nitrogens with zero attached hydrogens (tertiary/aromatic N) is 4. The number of furan rings is 1. The standard InChI is InChI=1S/C45H26N4OS/c1-3-12-27(13-4-1)43-46-44(28-14-5-2-6-15-28)48-45(47-43)33-19-11-18-32-41-39(51-42(32)33)25-24-38-40(41)34-26-29(22-23-37(34)50-38)49-35-20-9-7-16-30(35)31-17-8-10-21-36(31)49/h1-26H. The first-order chi connectivity index (χ1) is 25.3. The summed E-state index contributed by atoms with van der Waals surface area (Å²) < 4.78 is 11.2. The Balaban J connectivity index is 1.16. The number of thiophene rings is 1. The summed E-state index contributed by atoms with van der Waals surface area (Å²) in [7, 11) is 0. The molecule has 0 aliphatic carbocycles. The largest absolute Gasteiger partial charge is 0.456 e. The maximum Gasteiger partial charge on any atom is 0.165 e. The van der Waals surface area contributed by atoms with Crippen LogP contribution in [0.2, 0.25) is 0 Å². The molecule has 6 heteroatoms. The molecule has 238 valence electrons. The van der Waals surface area contributed by atoms with Gasteiger partial charge < -0.3 is 8.98 Å². The molecule has 0 aliphatic rings. The van der Waals surface area contributed by atoms with Crippen molar-refractivity contribution in [3.05, 3.63) is 158 Å². The summed E-state index contributed by atoms with van der Waals surface area (Å²) in [6, 6.07) is 54.8. The van der Waals surface area contributed by atoms with E-state index in [0.717, 1.165) is 54.4 Å². The highest BCUT2D eigenvalue weighted by atomic mass is 32.1. The van der Waals surface area contributed by atoms with Crippen molar-refractivity contribution in [1.29, 1.82) is 0 Å². The van der Waals surface area contributed by atoms with Gasteiger partial charge in [-0.05, 0) is 48.5 Å². The quantitative estimate of drug-likeness (QED) is 0.187. The van der Waals surface area contributed by atoms with E-state index in [9.17, 15) is 0 Å². The smallest absolute Gasteiger partial charge is 0.165 e. The van der Waals surface area contributed by atoms with Gasteiger partial charge in [-0.25, -0.2) is 15.0 Å². The molecule has 0 saturated heterocycles. The molecule has 51 heavy (non-hydrogen) atoms. The van der Waals surface area contributed by atoms with E-state index in [1.54, 1.807) is 11.3 Å². The Kier molecular flexibility index (Phi) is 6.05. The lowest BCUT2D eigenvalue weighted by Gasteiger charge is -2.09. The Labute approximate surface area is 295 Å². The van der Waals surface area contributed by atoms with Crippen LogP contribution in [-0.2, 0) is 0 Å². The molecule has 7 aromatic carbocycles. The molecule has 5 nitrogen and oxygen atoms in total. The van der Waals surface area contributed by atoms with Crippen LogP contribution in [0.25, 0.3) is 104 Å². The second-order valence-electron chi connectivity index (χ2n) is 12.8. The predicted molar refractivity (Wildman–Crippen MR) is 211 cm³/mol. The van der Waals surface area contributed by atoms with E-state index in [0.29, 0.717) is 17.5 Å². The van der Waals surface area contributed by atoms with Crippen molar-refractivity contribution in [2.45, 2.75) is 0 Å². The second-order valence-corrected chi connectivity index (χ2v) is 13.8. The van der Waals surface area contributed by atoms with Crippen LogP contribution < -0.4 is 0 Å². The molecule has 4 heterocycles. The topological polar surface area (TPSA) is 56.7 Å². The highest BCUT2D eigenvalue weighted by molar-refractivity contribution is 7.26. The number of rotatable bonds is 4. The minimum absolute atomic E-state index is 0.651. The van der Waals surface area contributed by atoms with Crippen molar-refractivity contribution in [2.24, 2.45) is 0 Å². The monoisotopic (exact) mass is 670 g/mol. The van der Waals surface area contributed by atoms with Crippen molar-refractivity contribution in [1.82, 2.24) is 19.5 Å². The van der Waals surface area contributed by atoms with Gasteiger partial charge in [-0.15, -0.1) is 11.3 Å². The first-order valence-electron chi connectivity index (χ1n) is 16.9. The number of aromatic nitrogens is 4. The van der Waals surface area contributed by atoms with Gasteiger partial charge in [-0.1, -0.05) is 109 Å². The lowest BCUT2D eigenvalue weighted by atomic mass is 10.0. The average Bonchev–Trinajstić information content (AvgIpc) is 3.87. The Hall–Kier alpha value is -6.63. The van der Waals surface area contributed by atoms with Crippen molar-refractivity contribution in [3.8, 4) is 39.9 Å². The summed E-state index contributed by atoms with van der Waals surface area (Å²) in [6.45, 7) is 0. The molecule has 0 saturated carbocycles. The Morgan fingerprint density at radius 1 is 0.451 bits per heavy atom. The molecular formula is C45H26N4OS. The third-order valence-corrected chi connectivity index (χ3v) is 11.1. The molecule has 0 bridgehead atoms. The lowest BCUT2D eigenvalue weighted by molar-refractivity contribution is 0.669. The van der Waals surface area contributed by atoms with Crippen LogP contribution in [-0.4, -0.2) is 19.5 Å². The third-order valence-electron chi connectivity index (χ3n) is 9.86. The maximum atomic E-state index is 6.53. The van der Waals surface area contributed by atoms with Crippen LogP contribution in [0.3, 0.4) is 0 Å². The van der Waals surface area contributed by atoms with E-state index in [1.165, 1.54) is 31.9 Å². The van der Waals surface area contributed by atoms with Crippen molar-refractivity contribution in [3.63, 3.8) is 0 Å². The molecule has 0 unspecified atom stereocenters. The van der Waals surface area contributed by atoms with Gasteiger partial charge in [0.2, 0.25) is 0 Å². The van der Waals surface area contributed by atoms with Gasteiger partial charge in [0.1, 0.15) is 11.2 Å². The predicted octanol–water partition coefficient (Wildman–Crippen LogP) is 12.2.